The van der Waals surface area contributed by atoms with Gasteiger partial charge >= 0.3 is 5.97 Å². The van der Waals surface area contributed by atoms with Gasteiger partial charge in [0, 0.05) is 39.0 Å². The maximum atomic E-state index is 12.6. The Morgan fingerprint density at radius 1 is 1.27 bits per heavy atom. The minimum atomic E-state index is -0.734. The van der Waals surface area contributed by atoms with Gasteiger partial charge in [-0.2, -0.15) is 0 Å². The van der Waals surface area contributed by atoms with Crippen LogP contribution in [0.3, 0.4) is 0 Å². The van der Waals surface area contributed by atoms with Crippen LogP contribution in [0.15, 0.2) is 18.5 Å². The predicted octanol–water partition coefficient (Wildman–Crippen LogP) is 0.512. The summed E-state index contributed by atoms with van der Waals surface area (Å²) in [6.45, 7) is 0.957. The Labute approximate surface area is 152 Å². The lowest BCUT2D eigenvalue weighted by Gasteiger charge is -2.45. The zero-order valence-electron chi connectivity index (χ0n) is 15.4. The Kier molecular flexibility index (Phi) is 5.04. The second-order valence-electron chi connectivity index (χ2n) is 7.00. The normalized spacial score (nSPS) is 22.1. The molecule has 0 aromatic carbocycles. The highest BCUT2D eigenvalue weighted by molar-refractivity contribution is 5.88. The molecule has 1 aromatic rings. The largest absolute Gasteiger partial charge is 0.469 e. The van der Waals surface area contributed by atoms with Gasteiger partial charge in [-0.1, -0.05) is 0 Å². The van der Waals surface area contributed by atoms with Crippen molar-refractivity contribution in [1.82, 2.24) is 14.5 Å². The number of carbonyl (C=O) groups excluding carboxylic acids is 3. The molecule has 26 heavy (non-hydrogen) atoms. The molecule has 2 saturated heterocycles. The van der Waals surface area contributed by atoms with Crippen LogP contribution in [-0.2, 0) is 37.4 Å². The van der Waals surface area contributed by atoms with E-state index in [0.29, 0.717) is 32.4 Å². The van der Waals surface area contributed by atoms with E-state index < -0.39 is 17.4 Å². The van der Waals surface area contributed by atoms with Gasteiger partial charge in [0.15, 0.2) is 0 Å². The van der Waals surface area contributed by atoms with Crippen LogP contribution < -0.4 is 0 Å². The predicted molar refractivity (Wildman–Crippen MR) is 91.6 cm³/mol. The Morgan fingerprint density at radius 3 is 2.50 bits per heavy atom. The van der Waals surface area contributed by atoms with Gasteiger partial charge < -0.3 is 14.2 Å². The molecule has 1 atom stereocenters. The van der Waals surface area contributed by atoms with Crippen molar-refractivity contribution in [3.63, 3.8) is 0 Å². The number of esters is 1. The molecule has 1 aromatic heterocycles. The first-order chi connectivity index (χ1) is 12.4. The number of hydrogen-bond donors (Lipinski definition) is 0. The number of rotatable bonds is 4. The minimum Gasteiger partial charge on any atom is -0.469 e. The molecule has 3 heterocycles. The molecular formula is C18H25N3O5. The molecular weight excluding hydrogens is 338 g/mol. The van der Waals surface area contributed by atoms with Crippen molar-refractivity contribution in [2.24, 2.45) is 13.0 Å². The number of methoxy groups -OCH3 is 1. The standard InChI is InChI=1S/C18H25N3O5/c1-19-7-4-13(12-19)10-15(22)20-8-5-18(6-9-20)14(17(24)25-2)11-16(23)21(18)26-3/h4,7,12,14H,5-6,8-11H2,1-3H3. The van der Waals surface area contributed by atoms with E-state index in [-0.39, 0.29) is 18.2 Å². The van der Waals surface area contributed by atoms with Gasteiger partial charge in [0.2, 0.25) is 11.8 Å². The number of aryl methyl sites for hydroxylation is 1. The van der Waals surface area contributed by atoms with E-state index in [1.165, 1.54) is 19.3 Å². The highest BCUT2D eigenvalue weighted by Gasteiger charge is 2.58. The SMILES string of the molecule is COC(=O)C1CC(=O)N(OC)C12CCN(C(=O)Cc1ccn(C)c1)CC2. The van der Waals surface area contributed by atoms with E-state index in [2.05, 4.69) is 0 Å². The van der Waals surface area contributed by atoms with Crippen LogP contribution in [0.2, 0.25) is 0 Å². The topological polar surface area (TPSA) is 81.1 Å². The number of carbonyl (C=O) groups is 3. The molecule has 142 valence electrons. The Morgan fingerprint density at radius 2 is 1.96 bits per heavy atom. The van der Waals surface area contributed by atoms with Crippen LogP contribution in [0.1, 0.15) is 24.8 Å². The molecule has 1 unspecified atom stereocenters. The second kappa shape index (κ2) is 7.11. The molecule has 8 heteroatoms. The van der Waals surface area contributed by atoms with Crippen molar-refractivity contribution in [3.05, 3.63) is 24.0 Å². The Bertz CT molecular complexity index is 703. The smallest absolute Gasteiger partial charge is 0.311 e. The molecule has 0 aliphatic carbocycles. The molecule has 0 N–H and O–H groups in total. The molecule has 8 nitrogen and oxygen atoms in total. The van der Waals surface area contributed by atoms with Crippen molar-refractivity contribution in [1.29, 1.82) is 0 Å². The first-order valence-electron chi connectivity index (χ1n) is 8.75. The maximum absolute atomic E-state index is 12.6. The zero-order valence-corrected chi connectivity index (χ0v) is 15.4. The van der Waals surface area contributed by atoms with Gasteiger partial charge in [-0.25, -0.2) is 5.06 Å². The van der Waals surface area contributed by atoms with Gasteiger partial charge in [0.05, 0.1) is 32.1 Å². The van der Waals surface area contributed by atoms with Gasteiger partial charge in [0.1, 0.15) is 0 Å². The average Bonchev–Trinajstić information content (AvgIpc) is 3.15. The summed E-state index contributed by atoms with van der Waals surface area (Å²) in [6, 6.07) is 1.93. The van der Waals surface area contributed by atoms with Crippen molar-refractivity contribution in [3.8, 4) is 0 Å². The van der Waals surface area contributed by atoms with E-state index in [0.717, 1.165) is 5.56 Å². The summed E-state index contributed by atoms with van der Waals surface area (Å²) in [5.74, 6) is -1.13. The van der Waals surface area contributed by atoms with Crippen molar-refractivity contribution < 1.29 is 24.0 Å². The monoisotopic (exact) mass is 363 g/mol. The first kappa shape index (κ1) is 18.4. The molecule has 0 radical (unpaired) electrons. The molecule has 1 spiro atoms. The van der Waals surface area contributed by atoms with Crippen LogP contribution in [0.4, 0.5) is 0 Å². The van der Waals surface area contributed by atoms with Crippen molar-refractivity contribution >= 4 is 17.8 Å². The fourth-order valence-electron chi connectivity index (χ4n) is 4.21. The Hall–Kier alpha value is -2.35. The number of amides is 2. The van der Waals surface area contributed by atoms with E-state index in [4.69, 9.17) is 9.57 Å². The maximum Gasteiger partial charge on any atom is 0.311 e. The number of ether oxygens (including phenoxy) is 1. The fourth-order valence-corrected chi connectivity index (χ4v) is 4.21. The third-order valence-corrected chi connectivity index (χ3v) is 5.56. The lowest BCUT2D eigenvalue weighted by molar-refractivity contribution is -0.209. The number of hydroxylamine groups is 2. The van der Waals surface area contributed by atoms with Gasteiger partial charge in [-0.05, 0) is 24.5 Å². The average molecular weight is 363 g/mol. The highest BCUT2D eigenvalue weighted by Crippen LogP contribution is 2.44. The number of aromatic nitrogens is 1. The van der Waals surface area contributed by atoms with Gasteiger partial charge in [-0.3, -0.25) is 19.2 Å². The van der Waals surface area contributed by atoms with E-state index in [1.807, 2.05) is 30.1 Å². The van der Waals surface area contributed by atoms with Crippen molar-refractivity contribution in [2.45, 2.75) is 31.2 Å². The van der Waals surface area contributed by atoms with Crippen LogP contribution in [0.25, 0.3) is 0 Å². The summed E-state index contributed by atoms with van der Waals surface area (Å²) < 4.78 is 6.81. The van der Waals surface area contributed by atoms with Gasteiger partial charge in [-0.15, -0.1) is 0 Å². The van der Waals surface area contributed by atoms with Crippen LogP contribution in [0.5, 0.6) is 0 Å². The fraction of sp³-hybridized carbons (Fsp3) is 0.611. The summed E-state index contributed by atoms with van der Waals surface area (Å²) in [5.41, 5.74) is 0.238. The molecule has 0 saturated carbocycles. The lowest BCUT2D eigenvalue weighted by atomic mass is 9.77. The van der Waals surface area contributed by atoms with Crippen LogP contribution >= 0.6 is 0 Å². The quantitative estimate of drug-likeness (QED) is 0.728. The summed E-state index contributed by atoms with van der Waals surface area (Å²) in [6.07, 6.45) is 5.26. The number of likely N-dealkylation sites (tertiary alicyclic amines) is 1. The Balaban J connectivity index is 1.71. The second-order valence-corrected chi connectivity index (χ2v) is 7.00. The van der Waals surface area contributed by atoms with Gasteiger partial charge in [0.25, 0.3) is 0 Å². The molecule has 2 aliphatic rings. The molecule has 2 amide bonds. The third kappa shape index (κ3) is 3.09. The number of hydrogen-bond acceptors (Lipinski definition) is 5. The van der Waals surface area contributed by atoms with E-state index in [1.54, 1.807) is 4.90 Å². The summed E-state index contributed by atoms with van der Waals surface area (Å²) in [4.78, 5) is 44.2. The molecule has 2 aliphatic heterocycles. The summed E-state index contributed by atoms with van der Waals surface area (Å²) in [5, 5.41) is 1.33. The number of nitrogens with zero attached hydrogens (tertiary/aromatic N) is 3. The molecule has 3 rings (SSSR count). The van der Waals surface area contributed by atoms with Crippen LogP contribution in [-0.4, -0.2) is 65.2 Å². The third-order valence-electron chi connectivity index (χ3n) is 5.56. The number of piperidine rings is 1. The minimum absolute atomic E-state index is 0.0500. The molecule has 2 fully saturated rings. The van der Waals surface area contributed by atoms with Crippen molar-refractivity contribution in [2.75, 3.05) is 27.3 Å². The first-order valence-corrected chi connectivity index (χ1v) is 8.75. The summed E-state index contributed by atoms with van der Waals surface area (Å²) >= 11 is 0. The van der Waals surface area contributed by atoms with E-state index >= 15 is 0 Å². The lowest BCUT2D eigenvalue weighted by Crippen LogP contribution is -2.58. The van der Waals surface area contributed by atoms with E-state index in [9.17, 15) is 14.4 Å². The molecule has 0 bridgehead atoms. The highest BCUT2D eigenvalue weighted by atomic mass is 16.7. The van der Waals surface area contributed by atoms with Crippen LogP contribution in [0, 0.1) is 5.92 Å². The zero-order chi connectivity index (χ0) is 18.9. The summed E-state index contributed by atoms with van der Waals surface area (Å²) in [7, 11) is 4.68.